The number of amides is 1. The number of benzene rings is 2. The van der Waals surface area contributed by atoms with Crippen LogP contribution in [0.5, 0.6) is 0 Å². The summed E-state index contributed by atoms with van der Waals surface area (Å²) in [5.74, 6) is -0.130. The first-order chi connectivity index (χ1) is 16.1. The van der Waals surface area contributed by atoms with Crippen LogP contribution < -0.4 is 5.56 Å². The third-order valence-electron chi connectivity index (χ3n) is 6.32. The minimum absolute atomic E-state index is 0.0606. The van der Waals surface area contributed by atoms with E-state index in [1.54, 1.807) is 12.1 Å². The molecule has 0 spiro atoms. The highest BCUT2D eigenvalue weighted by atomic mass is 32.2. The van der Waals surface area contributed by atoms with Crippen LogP contribution in [-0.4, -0.2) is 43.7 Å². The second-order valence-electron chi connectivity index (χ2n) is 8.34. The highest BCUT2D eigenvalue weighted by Gasteiger charge is 2.26. The Kier molecular flexibility index (Phi) is 5.93. The lowest BCUT2D eigenvalue weighted by Gasteiger charge is -2.35. The summed E-state index contributed by atoms with van der Waals surface area (Å²) in [5, 5.41) is 1.27. The largest absolute Gasteiger partial charge is 0.349 e. The van der Waals surface area contributed by atoms with Crippen LogP contribution in [0.3, 0.4) is 0 Å². The van der Waals surface area contributed by atoms with E-state index < -0.39 is 0 Å². The maximum Gasteiger partial charge on any atom is 0.283 e. The van der Waals surface area contributed by atoms with Crippen molar-refractivity contribution in [3.05, 3.63) is 64.7 Å². The number of aromatic amines is 1. The molecule has 170 valence electrons. The molecule has 1 aliphatic heterocycles. The molecule has 1 aliphatic rings. The Hall–Kier alpha value is -3.13. The maximum absolute atomic E-state index is 13.6. The number of fused-ring (bicyclic) bond motifs is 3. The van der Waals surface area contributed by atoms with Gasteiger partial charge in [0.15, 0.2) is 5.16 Å². The first-order valence-electron chi connectivity index (χ1n) is 11.3. The zero-order chi connectivity index (χ0) is 22.9. The van der Waals surface area contributed by atoms with Gasteiger partial charge in [-0.05, 0) is 56.0 Å². The van der Waals surface area contributed by atoms with Crippen LogP contribution in [0.15, 0.2) is 58.5 Å². The average Bonchev–Trinajstić information content (AvgIpc) is 3.22. The van der Waals surface area contributed by atoms with Crippen molar-refractivity contribution in [1.29, 1.82) is 0 Å². The summed E-state index contributed by atoms with van der Waals surface area (Å²) in [6.45, 7) is 2.89. The van der Waals surface area contributed by atoms with Crippen molar-refractivity contribution in [1.82, 2.24) is 19.4 Å². The lowest BCUT2D eigenvalue weighted by molar-refractivity contribution is -0.132. The summed E-state index contributed by atoms with van der Waals surface area (Å²) < 4.78 is 15.0. The Morgan fingerprint density at radius 3 is 2.76 bits per heavy atom. The first kappa shape index (κ1) is 21.7. The topological polar surface area (TPSA) is 71.0 Å². The maximum atomic E-state index is 13.6. The Morgan fingerprint density at radius 1 is 1.18 bits per heavy atom. The molecule has 1 unspecified atom stereocenters. The van der Waals surface area contributed by atoms with E-state index in [2.05, 4.69) is 11.9 Å². The monoisotopic (exact) mass is 464 g/mol. The fourth-order valence-electron chi connectivity index (χ4n) is 4.62. The lowest BCUT2D eigenvalue weighted by Crippen LogP contribution is -2.44. The number of carbonyl (C=O) groups is 1. The smallest absolute Gasteiger partial charge is 0.283 e. The number of nitrogens with one attached hydrogen (secondary N) is 1. The number of carbonyl (C=O) groups excluding carboxylic acids is 1. The van der Waals surface area contributed by atoms with Crippen molar-refractivity contribution in [2.75, 3.05) is 12.3 Å². The number of likely N-dealkylation sites (tertiary alicyclic amines) is 1. The van der Waals surface area contributed by atoms with Crippen LogP contribution in [0.1, 0.15) is 32.6 Å². The van der Waals surface area contributed by atoms with Crippen molar-refractivity contribution in [3.8, 4) is 5.69 Å². The summed E-state index contributed by atoms with van der Waals surface area (Å²) in [7, 11) is 0. The molecule has 1 N–H and O–H groups in total. The van der Waals surface area contributed by atoms with E-state index >= 15 is 0 Å². The predicted molar refractivity (Wildman–Crippen MR) is 130 cm³/mol. The number of H-pyrrole nitrogens is 1. The minimum atomic E-state index is -0.383. The molecular formula is C25H25FN4O2S. The quantitative estimate of drug-likeness (QED) is 0.337. The van der Waals surface area contributed by atoms with Crippen LogP contribution in [0.2, 0.25) is 0 Å². The molecule has 3 heterocycles. The van der Waals surface area contributed by atoms with Gasteiger partial charge in [-0.15, -0.1) is 0 Å². The van der Waals surface area contributed by atoms with Crippen LogP contribution >= 0.6 is 11.8 Å². The number of hydrogen-bond donors (Lipinski definition) is 1. The Bertz CT molecular complexity index is 1380. The normalized spacial score (nSPS) is 16.5. The molecule has 4 aromatic rings. The highest BCUT2D eigenvalue weighted by molar-refractivity contribution is 7.99. The first-order valence-corrected chi connectivity index (χ1v) is 12.3. The summed E-state index contributed by atoms with van der Waals surface area (Å²) in [4.78, 5) is 36.6. The van der Waals surface area contributed by atoms with Gasteiger partial charge in [-0.2, -0.15) is 0 Å². The van der Waals surface area contributed by atoms with Gasteiger partial charge in [0.05, 0.1) is 11.4 Å². The minimum Gasteiger partial charge on any atom is -0.349 e. The van der Waals surface area contributed by atoms with E-state index in [0.29, 0.717) is 21.9 Å². The van der Waals surface area contributed by atoms with E-state index in [4.69, 9.17) is 4.98 Å². The molecule has 6 nitrogen and oxygen atoms in total. The lowest BCUT2D eigenvalue weighted by atomic mass is 10.0. The predicted octanol–water partition coefficient (Wildman–Crippen LogP) is 4.89. The van der Waals surface area contributed by atoms with Crippen molar-refractivity contribution in [3.63, 3.8) is 0 Å². The molecule has 0 saturated carbocycles. The zero-order valence-corrected chi connectivity index (χ0v) is 19.2. The molecule has 2 aromatic carbocycles. The van der Waals surface area contributed by atoms with Gasteiger partial charge >= 0.3 is 0 Å². The van der Waals surface area contributed by atoms with E-state index in [1.165, 1.54) is 28.5 Å². The van der Waals surface area contributed by atoms with Crippen molar-refractivity contribution >= 4 is 39.6 Å². The van der Waals surface area contributed by atoms with Crippen molar-refractivity contribution < 1.29 is 9.18 Å². The van der Waals surface area contributed by atoms with E-state index in [1.807, 2.05) is 29.2 Å². The van der Waals surface area contributed by atoms with E-state index in [0.717, 1.165) is 43.1 Å². The number of halogens is 1. The molecule has 8 heteroatoms. The van der Waals surface area contributed by atoms with Crippen LogP contribution in [0.4, 0.5) is 4.39 Å². The van der Waals surface area contributed by atoms with Crippen LogP contribution in [0, 0.1) is 5.82 Å². The van der Waals surface area contributed by atoms with E-state index in [-0.39, 0.29) is 29.1 Å². The molecule has 2 aromatic heterocycles. The number of hydrogen-bond acceptors (Lipinski definition) is 4. The molecule has 5 rings (SSSR count). The SMILES string of the molecule is CCC1CCCCN1C(=O)CSc1nc2c([nH]c3ccccc32)c(=O)n1-c1ccc(F)cc1. The molecule has 1 amide bonds. The summed E-state index contributed by atoms with van der Waals surface area (Å²) in [5.41, 5.74) is 2.02. The van der Waals surface area contributed by atoms with E-state index in [9.17, 15) is 14.0 Å². The standard InChI is InChI=1S/C25H25FN4O2S/c1-2-17-7-5-6-14-29(17)21(31)15-33-25-28-22-19-8-3-4-9-20(19)27-23(22)24(32)30(25)18-12-10-16(26)11-13-18/h3-4,8-13,17,27H,2,5-7,14-15H2,1H3. The molecular weight excluding hydrogens is 439 g/mol. The second-order valence-corrected chi connectivity index (χ2v) is 9.28. The molecule has 1 fully saturated rings. The summed E-state index contributed by atoms with van der Waals surface area (Å²) >= 11 is 1.25. The van der Waals surface area contributed by atoms with Crippen molar-refractivity contribution in [2.45, 2.75) is 43.8 Å². The van der Waals surface area contributed by atoms with Crippen LogP contribution in [0.25, 0.3) is 27.6 Å². The number of aromatic nitrogens is 3. The number of piperidine rings is 1. The van der Waals surface area contributed by atoms with Gasteiger partial charge in [-0.25, -0.2) is 9.37 Å². The average molecular weight is 465 g/mol. The zero-order valence-electron chi connectivity index (χ0n) is 18.4. The van der Waals surface area contributed by atoms with Gasteiger partial charge in [0.2, 0.25) is 5.91 Å². The fraction of sp³-hybridized carbons (Fsp3) is 0.320. The number of rotatable bonds is 5. The van der Waals surface area contributed by atoms with Crippen molar-refractivity contribution in [2.24, 2.45) is 0 Å². The molecule has 0 bridgehead atoms. The third-order valence-corrected chi connectivity index (χ3v) is 7.25. The summed E-state index contributed by atoms with van der Waals surface area (Å²) in [6.07, 6.45) is 4.15. The Morgan fingerprint density at radius 2 is 1.97 bits per heavy atom. The fourth-order valence-corrected chi connectivity index (χ4v) is 5.51. The molecule has 33 heavy (non-hydrogen) atoms. The number of thioether (sulfide) groups is 1. The van der Waals surface area contributed by atoms with Crippen LogP contribution in [-0.2, 0) is 4.79 Å². The highest BCUT2D eigenvalue weighted by Crippen LogP contribution is 2.27. The number of nitrogens with zero attached hydrogens (tertiary/aromatic N) is 3. The molecule has 0 aliphatic carbocycles. The second kappa shape index (κ2) is 9.02. The summed E-state index contributed by atoms with van der Waals surface area (Å²) in [6, 6.07) is 13.6. The molecule has 1 saturated heterocycles. The van der Waals surface area contributed by atoms with Gasteiger partial charge in [-0.1, -0.05) is 36.9 Å². The Balaban J connectivity index is 1.57. The third kappa shape index (κ3) is 4.04. The molecule has 1 atom stereocenters. The molecule has 0 radical (unpaired) electrons. The Labute approximate surface area is 194 Å². The van der Waals surface area contributed by atoms with Gasteiger partial charge in [-0.3, -0.25) is 14.2 Å². The van der Waals surface area contributed by atoms with Gasteiger partial charge < -0.3 is 9.88 Å². The van der Waals surface area contributed by atoms with Gasteiger partial charge in [0.1, 0.15) is 16.9 Å². The van der Waals surface area contributed by atoms with Gasteiger partial charge in [0, 0.05) is 23.5 Å². The van der Waals surface area contributed by atoms with Gasteiger partial charge in [0.25, 0.3) is 5.56 Å². The number of para-hydroxylation sites is 1.